The number of likely N-dealkylation sites (tertiary alicyclic amines) is 1. The molecule has 1 N–H and O–H groups in total. The van der Waals surface area contributed by atoms with Gasteiger partial charge in [0.25, 0.3) is 5.56 Å². The second-order valence-electron chi connectivity index (χ2n) is 8.35. The van der Waals surface area contributed by atoms with Crippen molar-refractivity contribution in [2.45, 2.75) is 50.7 Å². The second kappa shape index (κ2) is 8.74. The Balaban J connectivity index is 1.81. The van der Waals surface area contributed by atoms with E-state index in [1.54, 1.807) is 18.3 Å². The maximum Gasteiger partial charge on any atom is 0.407 e. The molecule has 2 heterocycles. The molecule has 0 aliphatic carbocycles. The molecule has 0 saturated carbocycles. The van der Waals surface area contributed by atoms with Gasteiger partial charge >= 0.3 is 6.09 Å². The van der Waals surface area contributed by atoms with Gasteiger partial charge in [0.1, 0.15) is 11.9 Å². The Kier molecular flexibility index (Phi) is 6.45. The largest absolute Gasteiger partial charge is 0.490 e. The highest BCUT2D eigenvalue weighted by atomic mass is 32.2. The first-order valence-electron chi connectivity index (χ1n) is 10.2. The Morgan fingerprint density at radius 3 is 2.42 bits per heavy atom. The van der Waals surface area contributed by atoms with Crippen LogP contribution in [-0.2, 0) is 9.84 Å². The Labute approximate surface area is 182 Å². The quantitative estimate of drug-likeness (QED) is 0.753. The molecule has 1 aliphatic rings. The van der Waals surface area contributed by atoms with Gasteiger partial charge < -0.3 is 14.7 Å². The van der Waals surface area contributed by atoms with Crippen LogP contribution in [0.25, 0.3) is 5.69 Å². The van der Waals surface area contributed by atoms with E-state index >= 15 is 0 Å². The van der Waals surface area contributed by atoms with Gasteiger partial charge in [-0.1, -0.05) is 13.8 Å². The van der Waals surface area contributed by atoms with Crippen molar-refractivity contribution < 1.29 is 23.1 Å². The number of ether oxygens (including phenoxy) is 1. The lowest BCUT2D eigenvalue weighted by Gasteiger charge is -2.40. The van der Waals surface area contributed by atoms with Crippen LogP contribution >= 0.6 is 0 Å². The molecule has 2 atom stereocenters. The fourth-order valence-electron chi connectivity index (χ4n) is 3.92. The van der Waals surface area contributed by atoms with Crippen LogP contribution < -0.4 is 10.3 Å². The summed E-state index contributed by atoms with van der Waals surface area (Å²) in [6, 6.07) is 7.41. The Bertz CT molecular complexity index is 1120. The van der Waals surface area contributed by atoms with Crippen molar-refractivity contribution in [3.8, 4) is 11.4 Å². The van der Waals surface area contributed by atoms with Crippen molar-refractivity contribution in [3.63, 3.8) is 0 Å². The van der Waals surface area contributed by atoms with Crippen molar-refractivity contribution in [2.24, 2.45) is 5.92 Å². The van der Waals surface area contributed by atoms with E-state index in [1.807, 2.05) is 20.8 Å². The molecule has 9 heteroatoms. The average Bonchev–Trinajstić information content (AvgIpc) is 2.69. The third-order valence-electron chi connectivity index (χ3n) is 5.65. The molecular formula is C22H28N2O6S. The lowest BCUT2D eigenvalue weighted by Crippen LogP contribution is -2.50. The van der Waals surface area contributed by atoms with Crippen molar-refractivity contribution in [3.05, 3.63) is 52.4 Å². The standard InChI is InChI=1S/C22H28N2O6S/c1-14(2)19-11-17(9-10-23(19)22(26)27)30-20-12-21(25)24(13-15(20)3)16-5-7-18(8-6-16)31(4,28)29/h5-8,12-14,17,19H,9-11H2,1-4H3,(H,26,27). The average molecular weight is 449 g/mol. The summed E-state index contributed by atoms with van der Waals surface area (Å²) in [5.41, 5.74) is 1.02. The van der Waals surface area contributed by atoms with Crippen molar-refractivity contribution in [1.82, 2.24) is 9.47 Å². The summed E-state index contributed by atoms with van der Waals surface area (Å²) < 4.78 is 30.8. The van der Waals surface area contributed by atoms with Gasteiger partial charge in [-0.3, -0.25) is 9.36 Å². The normalized spacial score (nSPS) is 19.5. The van der Waals surface area contributed by atoms with E-state index in [0.29, 0.717) is 30.8 Å². The zero-order valence-electron chi connectivity index (χ0n) is 18.1. The molecule has 1 saturated heterocycles. The molecule has 3 rings (SSSR count). The smallest absolute Gasteiger partial charge is 0.407 e. The Morgan fingerprint density at radius 1 is 1.23 bits per heavy atom. The van der Waals surface area contributed by atoms with E-state index in [-0.39, 0.29) is 28.5 Å². The molecule has 1 amide bonds. The van der Waals surface area contributed by atoms with E-state index in [2.05, 4.69) is 0 Å². The van der Waals surface area contributed by atoms with Gasteiger partial charge in [-0.2, -0.15) is 0 Å². The van der Waals surface area contributed by atoms with Gasteiger partial charge in [0.2, 0.25) is 0 Å². The lowest BCUT2D eigenvalue weighted by atomic mass is 9.91. The lowest BCUT2D eigenvalue weighted by molar-refractivity contribution is 0.0378. The molecular weight excluding hydrogens is 420 g/mol. The maximum atomic E-state index is 12.7. The summed E-state index contributed by atoms with van der Waals surface area (Å²) in [6.45, 7) is 6.21. The first kappa shape index (κ1) is 22.9. The highest BCUT2D eigenvalue weighted by Crippen LogP contribution is 2.28. The highest BCUT2D eigenvalue weighted by molar-refractivity contribution is 7.90. The number of benzene rings is 1. The predicted molar refractivity (Wildman–Crippen MR) is 117 cm³/mol. The van der Waals surface area contributed by atoms with E-state index in [0.717, 1.165) is 11.8 Å². The molecule has 2 aromatic rings. The van der Waals surface area contributed by atoms with Crippen LogP contribution in [0.4, 0.5) is 4.79 Å². The van der Waals surface area contributed by atoms with Crippen molar-refractivity contribution in [2.75, 3.05) is 12.8 Å². The third-order valence-corrected chi connectivity index (χ3v) is 6.78. The Hall–Kier alpha value is -2.81. The van der Waals surface area contributed by atoms with Crippen LogP contribution in [0.2, 0.25) is 0 Å². The molecule has 168 valence electrons. The number of aromatic nitrogens is 1. The molecule has 0 bridgehead atoms. The van der Waals surface area contributed by atoms with Gasteiger partial charge in [-0.05, 0) is 37.1 Å². The Morgan fingerprint density at radius 2 is 1.87 bits per heavy atom. The maximum absolute atomic E-state index is 12.7. The van der Waals surface area contributed by atoms with Crippen LogP contribution in [0.15, 0.2) is 46.2 Å². The molecule has 2 unspecified atom stereocenters. The minimum atomic E-state index is -3.31. The highest BCUT2D eigenvalue weighted by Gasteiger charge is 2.34. The van der Waals surface area contributed by atoms with Crippen LogP contribution in [-0.4, -0.2) is 54.0 Å². The van der Waals surface area contributed by atoms with E-state index in [4.69, 9.17) is 4.74 Å². The van der Waals surface area contributed by atoms with E-state index in [1.165, 1.54) is 27.7 Å². The van der Waals surface area contributed by atoms with Gasteiger partial charge in [0, 0.05) is 55.2 Å². The number of carbonyl (C=O) groups is 1. The molecule has 31 heavy (non-hydrogen) atoms. The number of sulfone groups is 1. The molecule has 1 aliphatic heterocycles. The molecule has 1 aromatic carbocycles. The summed E-state index contributed by atoms with van der Waals surface area (Å²) in [6.07, 6.45) is 2.84. The number of carboxylic acid groups (broad SMARTS) is 1. The summed E-state index contributed by atoms with van der Waals surface area (Å²) >= 11 is 0. The summed E-state index contributed by atoms with van der Waals surface area (Å²) in [5.74, 6) is 0.636. The fraction of sp³-hybridized carbons (Fsp3) is 0.455. The molecule has 1 aromatic heterocycles. The number of aryl methyl sites for hydroxylation is 1. The summed E-state index contributed by atoms with van der Waals surface area (Å²) in [5, 5.41) is 9.42. The zero-order chi connectivity index (χ0) is 22.9. The van der Waals surface area contributed by atoms with Crippen LogP contribution in [0.5, 0.6) is 5.75 Å². The predicted octanol–water partition coefficient (Wildman–Crippen LogP) is 3.10. The van der Waals surface area contributed by atoms with Gasteiger partial charge in [0.05, 0.1) is 4.90 Å². The molecule has 0 spiro atoms. The topological polar surface area (TPSA) is 106 Å². The number of piperidine rings is 1. The first-order chi connectivity index (χ1) is 14.5. The van der Waals surface area contributed by atoms with Crippen LogP contribution in [0.1, 0.15) is 32.3 Å². The fourth-order valence-corrected chi connectivity index (χ4v) is 4.55. The number of amides is 1. The SMILES string of the molecule is Cc1cn(-c2ccc(S(C)(=O)=O)cc2)c(=O)cc1OC1CCN(C(=O)O)C(C(C)C)C1. The van der Waals surface area contributed by atoms with Crippen LogP contribution in [0.3, 0.4) is 0 Å². The summed E-state index contributed by atoms with van der Waals surface area (Å²) in [7, 11) is -3.31. The van der Waals surface area contributed by atoms with Crippen molar-refractivity contribution >= 4 is 15.9 Å². The number of pyridine rings is 1. The number of hydrogen-bond donors (Lipinski definition) is 1. The number of rotatable bonds is 5. The monoisotopic (exact) mass is 448 g/mol. The molecule has 8 nitrogen and oxygen atoms in total. The van der Waals surface area contributed by atoms with Gasteiger partial charge in [-0.15, -0.1) is 0 Å². The third kappa shape index (κ3) is 5.10. The summed E-state index contributed by atoms with van der Waals surface area (Å²) in [4.78, 5) is 25.9. The first-order valence-corrected chi connectivity index (χ1v) is 12.1. The minimum absolute atomic E-state index is 0.134. The van der Waals surface area contributed by atoms with Crippen LogP contribution in [0, 0.1) is 12.8 Å². The van der Waals surface area contributed by atoms with Gasteiger partial charge in [0.15, 0.2) is 9.84 Å². The van der Waals surface area contributed by atoms with Crippen molar-refractivity contribution in [1.29, 1.82) is 0 Å². The zero-order valence-corrected chi connectivity index (χ0v) is 18.9. The number of nitrogens with zero attached hydrogens (tertiary/aromatic N) is 2. The molecule has 0 radical (unpaired) electrons. The van der Waals surface area contributed by atoms with E-state index in [9.17, 15) is 23.1 Å². The van der Waals surface area contributed by atoms with Gasteiger partial charge in [-0.25, -0.2) is 13.2 Å². The number of hydrogen-bond acceptors (Lipinski definition) is 5. The molecule has 1 fully saturated rings. The minimum Gasteiger partial charge on any atom is -0.490 e. The second-order valence-corrected chi connectivity index (χ2v) is 10.4. The van der Waals surface area contributed by atoms with E-state index < -0.39 is 15.9 Å².